The van der Waals surface area contributed by atoms with E-state index in [9.17, 15) is 18.0 Å². The highest BCUT2D eigenvalue weighted by molar-refractivity contribution is 7.92. The fourth-order valence-electron chi connectivity index (χ4n) is 3.56. The average molecular weight is 490 g/mol. The number of carbonyl (C=O) groups excluding carboxylic acids is 2. The van der Waals surface area contributed by atoms with E-state index in [1.807, 2.05) is 44.2 Å². The number of nitrogens with one attached hydrogen (secondary N) is 1. The third kappa shape index (κ3) is 8.06. The van der Waals surface area contributed by atoms with Crippen molar-refractivity contribution in [2.45, 2.75) is 46.2 Å². The van der Waals surface area contributed by atoms with Crippen LogP contribution in [0.1, 0.15) is 39.2 Å². The Balaban J connectivity index is 2.11. The van der Waals surface area contributed by atoms with Crippen LogP contribution >= 0.6 is 0 Å². The van der Waals surface area contributed by atoms with Gasteiger partial charge in [-0.25, -0.2) is 8.42 Å². The molecule has 9 heteroatoms. The van der Waals surface area contributed by atoms with Gasteiger partial charge in [-0.05, 0) is 57.0 Å². The van der Waals surface area contributed by atoms with Gasteiger partial charge in [-0.3, -0.25) is 13.9 Å². The van der Waals surface area contributed by atoms with Gasteiger partial charge >= 0.3 is 0 Å². The van der Waals surface area contributed by atoms with E-state index in [4.69, 9.17) is 4.74 Å². The number of likely N-dealkylation sites (N-methyl/N-ethyl adjacent to an activating group) is 1. The summed E-state index contributed by atoms with van der Waals surface area (Å²) in [5.41, 5.74) is 1.43. The zero-order chi connectivity index (χ0) is 25.1. The first-order valence-corrected chi connectivity index (χ1v) is 13.3. The van der Waals surface area contributed by atoms with E-state index in [2.05, 4.69) is 5.32 Å². The van der Waals surface area contributed by atoms with E-state index in [0.717, 1.165) is 11.8 Å². The van der Waals surface area contributed by atoms with Crippen LogP contribution in [-0.4, -0.2) is 57.1 Å². The second kappa shape index (κ2) is 13.0. The lowest BCUT2D eigenvalue weighted by Gasteiger charge is -2.29. The highest BCUT2D eigenvalue weighted by atomic mass is 32.2. The van der Waals surface area contributed by atoms with Gasteiger partial charge < -0.3 is 15.0 Å². The molecule has 0 aliphatic carbocycles. The molecule has 0 saturated heterocycles. The minimum Gasteiger partial charge on any atom is -0.494 e. The molecule has 1 atom stereocenters. The molecule has 0 saturated carbocycles. The summed E-state index contributed by atoms with van der Waals surface area (Å²) in [5, 5.41) is 2.77. The van der Waals surface area contributed by atoms with Crippen molar-refractivity contribution in [1.82, 2.24) is 10.2 Å². The molecule has 2 rings (SSSR count). The standard InChI is InChI=1S/C25H35N3O5S/c1-5-26-25(30)20(3)27(19-21-11-8-7-9-12-21)24(29)13-10-18-28(34(4,31)32)22-14-16-23(17-15-22)33-6-2/h7-9,11-12,14-17,20H,5-6,10,13,18-19H2,1-4H3,(H,26,30). The van der Waals surface area contributed by atoms with Crippen molar-refractivity contribution in [3.63, 3.8) is 0 Å². The monoisotopic (exact) mass is 489 g/mol. The van der Waals surface area contributed by atoms with Crippen molar-refractivity contribution in [2.24, 2.45) is 0 Å². The molecule has 0 aliphatic heterocycles. The largest absolute Gasteiger partial charge is 0.494 e. The first kappa shape index (κ1) is 27.2. The van der Waals surface area contributed by atoms with Gasteiger partial charge in [0.2, 0.25) is 21.8 Å². The molecule has 2 aromatic rings. The lowest BCUT2D eigenvalue weighted by atomic mass is 10.1. The summed E-state index contributed by atoms with van der Waals surface area (Å²) in [6.45, 7) is 6.85. The van der Waals surface area contributed by atoms with Crippen LogP contribution in [0.3, 0.4) is 0 Å². The van der Waals surface area contributed by atoms with Crippen molar-refractivity contribution in [3.8, 4) is 5.75 Å². The number of ether oxygens (including phenoxy) is 1. The van der Waals surface area contributed by atoms with Crippen LogP contribution in [0.2, 0.25) is 0 Å². The Kier molecular flexibility index (Phi) is 10.4. The predicted octanol–water partition coefficient (Wildman–Crippen LogP) is 3.18. The van der Waals surface area contributed by atoms with Gasteiger partial charge in [-0.15, -0.1) is 0 Å². The van der Waals surface area contributed by atoms with Gasteiger partial charge in [0.1, 0.15) is 11.8 Å². The number of sulfonamides is 1. The smallest absolute Gasteiger partial charge is 0.242 e. The number of carbonyl (C=O) groups is 2. The van der Waals surface area contributed by atoms with Crippen LogP contribution in [0.15, 0.2) is 54.6 Å². The minimum absolute atomic E-state index is 0.111. The van der Waals surface area contributed by atoms with Crippen molar-refractivity contribution in [1.29, 1.82) is 0 Å². The summed E-state index contributed by atoms with van der Waals surface area (Å²) in [6, 6.07) is 15.6. The van der Waals surface area contributed by atoms with Crippen LogP contribution in [0, 0.1) is 0 Å². The first-order valence-electron chi connectivity index (χ1n) is 11.5. The number of hydrogen-bond donors (Lipinski definition) is 1. The second-order valence-corrected chi connectivity index (χ2v) is 9.85. The number of anilines is 1. The van der Waals surface area contributed by atoms with E-state index in [1.54, 1.807) is 36.1 Å². The molecular weight excluding hydrogens is 454 g/mol. The normalized spacial score (nSPS) is 12.0. The number of nitrogens with zero attached hydrogens (tertiary/aromatic N) is 2. The molecule has 8 nitrogen and oxygen atoms in total. The molecule has 0 aliphatic rings. The molecule has 0 bridgehead atoms. The first-order chi connectivity index (χ1) is 16.2. The summed E-state index contributed by atoms with van der Waals surface area (Å²) >= 11 is 0. The summed E-state index contributed by atoms with van der Waals surface area (Å²) in [7, 11) is -3.54. The Morgan fingerprint density at radius 1 is 1.03 bits per heavy atom. The van der Waals surface area contributed by atoms with Gasteiger partial charge in [0.15, 0.2) is 0 Å². The third-order valence-electron chi connectivity index (χ3n) is 5.30. The molecule has 0 spiro atoms. The summed E-state index contributed by atoms with van der Waals surface area (Å²) < 4.78 is 31.5. The van der Waals surface area contributed by atoms with Crippen LogP contribution in [0.25, 0.3) is 0 Å². The van der Waals surface area contributed by atoms with Gasteiger partial charge in [-0.1, -0.05) is 30.3 Å². The van der Waals surface area contributed by atoms with E-state index < -0.39 is 16.1 Å². The zero-order valence-corrected chi connectivity index (χ0v) is 21.2. The number of rotatable bonds is 13. The van der Waals surface area contributed by atoms with Crippen LogP contribution in [0.4, 0.5) is 5.69 Å². The molecular formula is C25H35N3O5S. The van der Waals surface area contributed by atoms with Crippen LogP contribution < -0.4 is 14.4 Å². The molecule has 1 N–H and O–H groups in total. The van der Waals surface area contributed by atoms with Crippen molar-refractivity contribution < 1.29 is 22.7 Å². The zero-order valence-electron chi connectivity index (χ0n) is 20.4. The third-order valence-corrected chi connectivity index (χ3v) is 6.50. The molecule has 0 fully saturated rings. The van der Waals surface area contributed by atoms with Gasteiger partial charge in [0.25, 0.3) is 0 Å². The van der Waals surface area contributed by atoms with E-state index in [1.165, 1.54) is 4.31 Å². The average Bonchev–Trinajstić information content (AvgIpc) is 2.80. The van der Waals surface area contributed by atoms with Crippen molar-refractivity contribution >= 4 is 27.5 Å². The summed E-state index contributed by atoms with van der Waals surface area (Å²) in [6.07, 6.45) is 1.57. The van der Waals surface area contributed by atoms with Gasteiger partial charge in [-0.2, -0.15) is 0 Å². The topological polar surface area (TPSA) is 96.0 Å². The van der Waals surface area contributed by atoms with E-state index >= 15 is 0 Å². The molecule has 0 radical (unpaired) electrons. The van der Waals surface area contributed by atoms with Crippen molar-refractivity contribution in [2.75, 3.05) is 30.3 Å². The second-order valence-electron chi connectivity index (χ2n) is 7.94. The molecule has 2 aromatic carbocycles. The maximum Gasteiger partial charge on any atom is 0.242 e. The highest BCUT2D eigenvalue weighted by Gasteiger charge is 2.26. The summed E-state index contributed by atoms with van der Waals surface area (Å²) in [4.78, 5) is 27.1. The Labute approximate surface area is 202 Å². The number of benzene rings is 2. The number of hydrogen-bond acceptors (Lipinski definition) is 5. The fraction of sp³-hybridized carbons (Fsp3) is 0.440. The fourth-order valence-corrected chi connectivity index (χ4v) is 4.53. The maximum atomic E-state index is 13.1. The lowest BCUT2D eigenvalue weighted by Crippen LogP contribution is -2.47. The Hall–Kier alpha value is -3.07. The van der Waals surface area contributed by atoms with Gasteiger partial charge in [0.05, 0.1) is 18.6 Å². The molecule has 0 aromatic heterocycles. The highest BCUT2D eigenvalue weighted by Crippen LogP contribution is 2.22. The summed E-state index contributed by atoms with van der Waals surface area (Å²) in [5.74, 6) is 0.229. The Morgan fingerprint density at radius 2 is 1.68 bits per heavy atom. The molecule has 0 heterocycles. The van der Waals surface area contributed by atoms with Crippen molar-refractivity contribution in [3.05, 3.63) is 60.2 Å². The lowest BCUT2D eigenvalue weighted by molar-refractivity contribution is -0.140. The SMILES string of the molecule is CCNC(=O)C(C)N(Cc1ccccc1)C(=O)CCCN(c1ccc(OCC)cc1)S(C)(=O)=O. The minimum atomic E-state index is -3.54. The predicted molar refractivity (Wildman–Crippen MR) is 134 cm³/mol. The quantitative estimate of drug-likeness (QED) is 0.466. The van der Waals surface area contributed by atoms with Crippen LogP contribution in [0.5, 0.6) is 5.75 Å². The van der Waals surface area contributed by atoms with E-state index in [-0.39, 0.29) is 24.8 Å². The molecule has 1 unspecified atom stereocenters. The van der Waals surface area contributed by atoms with Gasteiger partial charge in [0, 0.05) is 26.1 Å². The molecule has 2 amide bonds. The molecule has 186 valence electrons. The van der Waals surface area contributed by atoms with Crippen LogP contribution in [-0.2, 0) is 26.2 Å². The Bertz CT molecular complexity index is 1030. The Morgan fingerprint density at radius 3 is 2.24 bits per heavy atom. The number of amides is 2. The van der Waals surface area contributed by atoms with E-state index in [0.29, 0.717) is 37.6 Å². The molecule has 34 heavy (non-hydrogen) atoms. The maximum absolute atomic E-state index is 13.1.